The van der Waals surface area contributed by atoms with Crippen LogP contribution in [-0.2, 0) is 16.1 Å². The van der Waals surface area contributed by atoms with Gasteiger partial charge in [-0.3, -0.25) is 9.79 Å². The summed E-state index contributed by atoms with van der Waals surface area (Å²) >= 11 is 0. The molecule has 0 radical (unpaired) electrons. The highest BCUT2D eigenvalue weighted by atomic mass is 16.5. The van der Waals surface area contributed by atoms with Crippen molar-refractivity contribution in [2.75, 3.05) is 39.8 Å². The number of aromatic nitrogens is 1. The molecule has 0 saturated carbocycles. The van der Waals surface area contributed by atoms with E-state index in [0.29, 0.717) is 32.1 Å². The molecule has 138 valence electrons. The molecule has 1 aromatic heterocycles. The van der Waals surface area contributed by atoms with Gasteiger partial charge in [-0.15, -0.1) is 0 Å². The average molecular weight is 349 g/mol. The molecule has 2 saturated heterocycles. The van der Waals surface area contributed by atoms with Crippen LogP contribution in [0.1, 0.15) is 30.2 Å². The Bertz CT molecular complexity index is 609. The zero-order valence-corrected chi connectivity index (χ0v) is 15.2. The van der Waals surface area contributed by atoms with E-state index in [-0.39, 0.29) is 12.0 Å². The summed E-state index contributed by atoms with van der Waals surface area (Å²) in [6.07, 6.45) is 1.59. The molecule has 1 unspecified atom stereocenters. The fraction of sp³-hybridized carbons (Fsp3) is 0.706. The molecule has 1 N–H and O–H groups in total. The lowest BCUT2D eigenvalue weighted by atomic mass is 10.2. The van der Waals surface area contributed by atoms with Crippen molar-refractivity contribution in [3.63, 3.8) is 0 Å². The third kappa shape index (κ3) is 4.12. The summed E-state index contributed by atoms with van der Waals surface area (Å²) in [6.45, 7) is 7.92. The molecule has 0 bridgehead atoms. The number of carbonyl (C=O) groups is 1. The molecular formula is C17H27N5O3. The van der Waals surface area contributed by atoms with Gasteiger partial charge in [0.15, 0.2) is 5.96 Å². The van der Waals surface area contributed by atoms with Crippen LogP contribution in [-0.4, -0.2) is 72.6 Å². The van der Waals surface area contributed by atoms with Gasteiger partial charge in [0.05, 0.1) is 12.2 Å². The van der Waals surface area contributed by atoms with Crippen LogP contribution in [0, 0.1) is 13.8 Å². The van der Waals surface area contributed by atoms with Gasteiger partial charge in [-0.25, -0.2) is 4.98 Å². The van der Waals surface area contributed by atoms with E-state index in [1.807, 2.05) is 18.7 Å². The number of rotatable bonds is 3. The number of aryl methyl sites for hydroxylation is 2. The van der Waals surface area contributed by atoms with Gasteiger partial charge < -0.3 is 24.3 Å². The smallest absolute Gasteiger partial charge is 0.251 e. The second-order valence-corrected chi connectivity index (χ2v) is 6.46. The van der Waals surface area contributed by atoms with E-state index in [4.69, 9.17) is 9.15 Å². The van der Waals surface area contributed by atoms with Crippen molar-refractivity contribution in [3.05, 3.63) is 17.3 Å². The van der Waals surface area contributed by atoms with E-state index in [2.05, 4.69) is 20.2 Å². The molecule has 2 fully saturated rings. The highest BCUT2D eigenvalue weighted by Crippen LogP contribution is 2.16. The van der Waals surface area contributed by atoms with Crippen molar-refractivity contribution in [1.82, 2.24) is 20.1 Å². The van der Waals surface area contributed by atoms with Crippen LogP contribution in [0.15, 0.2) is 9.41 Å². The van der Waals surface area contributed by atoms with Gasteiger partial charge in [0.1, 0.15) is 11.9 Å². The van der Waals surface area contributed by atoms with Crippen molar-refractivity contribution >= 4 is 11.9 Å². The molecule has 3 rings (SSSR count). The summed E-state index contributed by atoms with van der Waals surface area (Å²) in [7, 11) is 1.76. The molecule has 25 heavy (non-hydrogen) atoms. The predicted molar refractivity (Wildman–Crippen MR) is 93.3 cm³/mol. The lowest BCUT2D eigenvalue weighted by Crippen LogP contribution is -2.55. The largest absolute Gasteiger partial charge is 0.444 e. The Morgan fingerprint density at radius 1 is 1.28 bits per heavy atom. The number of aliphatic imine (C=N–C) groups is 1. The van der Waals surface area contributed by atoms with Crippen LogP contribution < -0.4 is 5.32 Å². The summed E-state index contributed by atoms with van der Waals surface area (Å²) in [5, 5.41) is 3.29. The van der Waals surface area contributed by atoms with Crippen molar-refractivity contribution in [2.45, 2.75) is 39.3 Å². The highest BCUT2D eigenvalue weighted by Gasteiger charge is 2.30. The first-order valence-corrected chi connectivity index (χ1v) is 8.87. The maximum Gasteiger partial charge on any atom is 0.251 e. The molecule has 1 aromatic rings. The monoisotopic (exact) mass is 349 g/mol. The van der Waals surface area contributed by atoms with E-state index < -0.39 is 0 Å². The van der Waals surface area contributed by atoms with Crippen LogP contribution in [0.5, 0.6) is 0 Å². The summed E-state index contributed by atoms with van der Waals surface area (Å²) in [6, 6.07) is 0. The van der Waals surface area contributed by atoms with Gasteiger partial charge in [0.25, 0.3) is 5.91 Å². The molecule has 1 amide bonds. The molecule has 0 aromatic carbocycles. The second-order valence-electron chi connectivity index (χ2n) is 6.46. The Kier molecular flexibility index (Phi) is 5.57. The minimum atomic E-state index is -0.236. The Morgan fingerprint density at radius 3 is 2.56 bits per heavy atom. The molecule has 3 heterocycles. The number of piperazine rings is 1. The molecule has 0 aliphatic carbocycles. The zero-order valence-electron chi connectivity index (χ0n) is 15.2. The first-order valence-electron chi connectivity index (χ1n) is 8.87. The quantitative estimate of drug-likeness (QED) is 0.639. The molecule has 8 heteroatoms. The third-order valence-corrected chi connectivity index (χ3v) is 4.78. The topological polar surface area (TPSA) is 83.2 Å². The van der Waals surface area contributed by atoms with Crippen LogP contribution in [0.4, 0.5) is 0 Å². The fourth-order valence-corrected chi connectivity index (χ4v) is 3.22. The molecular weight excluding hydrogens is 322 g/mol. The predicted octanol–water partition coefficient (Wildman–Crippen LogP) is 0.690. The van der Waals surface area contributed by atoms with Crippen LogP contribution >= 0.6 is 0 Å². The van der Waals surface area contributed by atoms with Crippen LogP contribution in [0.3, 0.4) is 0 Å². The first kappa shape index (κ1) is 17.7. The van der Waals surface area contributed by atoms with Gasteiger partial charge in [-0.1, -0.05) is 0 Å². The number of hydrogen-bond acceptors (Lipinski definition) is 5. The van der Waals surface area contributed by atoms with Crippen molar-refractivity contribution in [1.29, 1.82) is 0 Å². The third-order valence-electron chi connectivity index (χ3n) is 4.78. The Balaban J connectivity index is 1.49. The van der Waals surface area contributed by atoms with Crippen LogP contribution in [0.25, 0.3) is 0 Å². The number of hydrogen-bond donors (Lipinski definition) is 1. The molecule has 1 atom stereocenters. The van der Waals surface area contributed by atoms with Crippen LogP contribution in [0.2, 0.25) is 0 Å². The zero-order chi connectivity index (χ0) is 17.8. The van der Waals surface area contributed by atoms with Gasteiger partial charge in [-0.05, 0) is 26.7 Å². The molecule has 2 aliphatic rings. The maximum absolute atomic E-state index is 12.4. The summed E-state index contributed by atoms with van der Waals surface area (Å²) in [5.41, 5.74) is 0.910. The number of carbonyl (C=O) groups excluding carboxylic acids is 1. The standard InChI is InChI=1S/C17H27N5O3/c1-12-13(2)25-15(20-12)11-19-17(18-3)22-8-6-21(7-9-22)16(23)14-5-4-10-24-14/h14H,4-11H2,1-3H3,(H,18,19). The van der Waals surface area contributed by atoms with Crippen molar-refractivity contribution in [2.24, 2.45) is 4.99 Å². The Labute approximate surface area is 148 Å². The number of oxazole rings is 1. The second kappa shape index (κ2) is 7.86. The van der Waals surface area contributed by atoms with Crippen molar-refractivity contribution in [3.8, 4) is 0 Å². The lowest BCUT2D eigenvalue weighted by molar-refractivity contribution is -0.142. The fourth-order valence-electron chi connectivity index (χ4n) is 3.22. The molecule has 0 spiro atoms. The van der Waals surface area contributed by atoms with E-state index in [1.165, 1.54) is 0 Å². The lowest BCUT2D eigenvalue weighted by Gasteiger charge is -2.37. The Morgan fingerprint density at radius 2 is 2.00 bits per heavy atom. The van der Waals surface area contributed by atoms with E-state index >= 15 is 0 Å². The maximum atomic E-state index is 12.4. The first-order chi connectivity index (χ1) is 12.1. The summed E-state index contributed by atoms with van der Waals surface area (Å²) < 4.78 is 11.1. The summed E-state index contributed by atoms with van der Waals surface area (Å²) in [4.78, 5) is 25.2. The van der Waals surface area contributed by atoms with Crippen molar-refractivity contribution < 1.29 is 13.9 Å². The van der Waals surface area contributed by atoms with E-state index in [0.717, 1.165) is 43.3 Å². The SMILES string of the molecule is CN=C(NCc1nc(C)c(C)o1)N1CCN(C(=O)C2CCCO2)CC1. The minimum Gasteiger partial charge on any atom is -0.444 e. The summed E-state index contributed by atoms with van der Waals surface area (Å²) in [5.74, 6) is 2.43. The number of nitrogens with one attached hydrogen (secondary N) is 1. The van der Waals surface area contributed by atoms with E-state index in [9.17, 15) is 4.79 Å². The van der Waals surface area contributed by atoms with Gasteiger partial charge in [-0.2, -0.15) is 0 Å². The molecule has 2 aliphatic heterocycles. The number of amides is 1. The van der Waals surface area contributed by atoms with E-state index in [1.54, 1.807) is 7.05 Å². The normalized spacial score (nSPS) is 21.7. The average Bonchev–Trinajstić information content (AvgIpc) is 3.26. The Hall–Kier alpha value is -2.09. The minimum absolute atomic E-state index is 0.130. The highest BCUT2D eigenvalue weighted by molar-refractivity contribution is 5.82. The number of nitrogens with zero attached hydrogens (tertiary/aromatic N) is 4. The number of ether oxygens (including phenoxy) is 1. The van der Waals surface area contributed by atoms with Gasteiger partial charge in [0, 0.05) is 39.8 Å². The van der Waals surface area contributed by atoms with Gasteiger partial charge >= 0.3 is 0 Å². The van der Waals surface area contributed by atoms with Gasteiger partial charge in [0.2, 0.25) is 5.89 Å². The molecule has 8 nitrogen and oxygen atoms in total. The number of guanidine groups is 1.